The van der Waals surface area contributed by atoms with Crippen LogP contribution in [0.3, 0.4) is 0 Å². The van der Waals surface area contributed by atoms with E-state index in [4.69, 9.17) is 5.11 Å². The molecule has 6 nitrogen and oxygen atoms in total. The molecule has 108 valence electrons. The predicted octanol–water partition coefficient (Wildman–Crippen LogP) is 3.67. The third kappa shape index (κ3) is 3.57. The Morgan fingerprint density at radius 1 is 1.29 bits per heavy atom. The Morgan fingerprint density at radius 3 is 2.62 bits per heavy atom. The number of aromatic carboxylic acids is 1. The van der Waals surface area contributed by atoms with Crippen molar-refractivity contribution in [3.63, 3.8) is 0 Å². The molecule has 0 aliphatic heterocycles. The van der Waals surface area contributed by atoms with E-state index in [9.17, 15) is 14.9 Å². The fraction of sp³-hybridized carbons (Fsp3) is 0.0714. The zero-order chi connectivity index (χ0) is 15.4. The molecule has 2 rings (SSSR count). The van der Waals surface area contributed by atoms with Crippen LogP contribution in [0.15, 0.2) is 46.9 Å². The van der Waals surface area contributed by atoms with Crippen molar-refractivity contribution in [1.82, 2.24) is 0 Å². The molecule has 0 amide bonds. The number of nitro benzene ring substituents is 1. The molecule has 2 N–H and O–H groups in total. The first-order valence-corrected chi connectivity index (χ1v) is 6.77. The lowest BCUT2D eigenvalue weighted by Gasteiger charge is -2.08. The average molecular weight is 351 g/mol. The van der Waals surface area contributed by atoms with Crippen LogP contribution in [0.5, 0.6) is 0 Å². The summed E-state index contributed by atoms with van der Waals surface area (Å²) in [4.78, 5) is 21.4. The highest BCUT2D eigenvalue weighted by Gasteiger charge is 2.12. The molecule has 0 aliphatic carbocycles. The number of nitrogens with one attached hydrogen (secondary N) is 1. The SMILES string of the molecule is O=C(O)c1ccc(NCc2ccccc2[N+](=O)[O-])cc1Br. The molecule has 0 aromatic heterocycles. The zero-order valence-corrected chi connectivity index (χ0v) is 12.3. The van der Waals surface area contributed by atoms with E-state index in [-0.39, 0.29) is 17.8 Å². The minimum absolute atomic E-state index is 0.0474. The van der Waals surface area contributed by atoms with Crippen LogP contribution in [-0.4, -0.2) is 16.0 Å². The molecule has 7 heteroatoms. The van der Waals surface area contributed by atoms with E-state index in [1.165, 1.54) is 12.1 Å². The van der Waals surface area contributed by atoms with E-state index in [1.54, 1.807) is 30.3 Å². The number of nitrogens with zero attached hydrogens (tertiary/aromatic N) is 1. The largest absolute Gasteiger partial charge is 0.478 e. The Hall–Kier alpha value is -2.41. The predicted molar refractivity (Wildman–Crippen MR) is 81.5 cm³/mol. The van der Waals surface area contributed by atoms with Crippen molar-refractivity contribution in [3.8, 4) is 0 Å². The summed E-state index contributed by atoms with van der Waals surface area (Å²) in [5, 5.41) is 22.9. The van der Waals surface area contributed by atoms with Crippen molar-refractivity contribution in [3.05, 3.63) is 68.2 Å². The summed E-state index contributed by atoms with van der Waals surface area (Å²) in [6.07, 6.45) is 0. The van der Waals surface area contributed by atoms with Gasteiger partial charge < -0.3 is 10.4 Å². The van der Waals surface area contributed by atoms with E-state index in [0.717, 1.165) is 0 Å². The van der Waals surface area contributed by atoms with Gasteiger partial charge in [-0.3, -0.25) is 10.1 Å². The Bertz CT molecular complexity index is 703. The molecule has 0 fully saturated rings. The van der Waals surface area contributed by atoms with Gasteiger partial charge in [0.2, 0.25) is 0 Å². The molecular formula is C14H11BrN2O4. The van der Waals surface area contributed by atoms with Crippen LogP contribution in [0.2, 0.25) is 0 Å². The van der Waals surface area contributed by atoms with Gasteiger partial charge in [0.15, 0.2) is 0 Å². The minimum Gasteiger partial charge on any atom is -0.478 e. The highest BCUT2D eigenvalue weighted by molar-refractivity contribution is 9.10. The second-order valence-electron chi connectivity index (χ2n) is 4.24. The van der Waals surface area contributed by atoms with Crippen molar-refractivity contribution in [2.75, 3.05) is 5.32 Å². The highest BCUT2D eigenvalue weighted by Crippen LogP contribution is 2.23. The molecule has 0 atom stereocenters. The molecule has 0 unspecified atom stereocenters. The summed E-state index contributed by atoms with van der Waals surface area (Å²) in [5.41, 5.74) is 1.43. The fourth-order valence-electron chi connectivity index (χ4n) is 1.83. The topological polar surface area (TPSA) is 92.5 Å². The number of carbonyl (C=O) groups is 1. The summed E-state index contributed by atoms with van der Waals surface area (Å²) in [6.45, 7) is 0.274. The first-order valence-electron chi connectivity index (χ1n) is 5.98. The van der Waals surface area contributed by atoms with Gasteiger partial charge in [0, 0.05) is 28.3 Å². The molecule has 0 heterocycles. The van der Waals surface area contributed by atoms with Gasteiger partial charge in [-0.1, -0.05) is 18.2 Å². The summed E-state index contributed by atoms with van der Waals surface area (Å²) in [6, 6.07) is 11.2. The van der Waals surface area contributed by atoms with Crippen LogP contribution in [-0.2, 0) is 6.54 Å². The highest BCUT2D eigenvalue weighted by atomic mass is 79.9. The van der Waals surface area contributed by atoms with Gasteiger partial charge in [-0.15, -0.1) is 0 Å². The number of nitro groups is 1. The molecule has 0 bridgehead atoms. The van der Waals surface area contributed by atoms with Crippen molar-refractivity contribution < 1.29 is 14.8 Å². The molecule has 2 aromatic rings. The summed E-state index contributed by atoms with van der Waals surface area (Å²) in [7, 11) is 0. The van der Waals surface area contributed by atoms with Crippen LogP contribution in [0.4, 0.5) is 11.4 Å². The quantitative estimate of drug-likeness (QED) is 0.633. The number of carboxylic acid groups (broad SMARTS) is 1. The molecule has 0 radical (unpaired) electrons. The van der Waals surface area contributed by atoms with Crippen LogP contribution in [0.25, 0.3) is 0 Å². The van der Waals surface area contributed by atoms with E-state index in [1.807, 2.05) is 0 Å². The van der Waals surface area contributed by atoms with Gasteiger partial charge in [0.05, 0.1) is 10.5 Å². The molecule has 0 saturated heterocycles. The first kappa shape index (κ1) is 15.0. The maximum absolute atomic E-state index is 10.9. The number of halogens is 1. The van der Waals surface area contributed by atoms with Gasteiger partial charge >= 0.3 is 5.97 Å². The monoisotopic (exact) mass is 350 g/mol. The van der Waals surface area contributed by atoms with Crippen molar-refractivity contribution in [2.24, 2.45) is 0 Å². The normalized spacial score (nSPS) is 10.1. The van der Waals surface area contributed by atoms with Gasteiger partial charge in [0.1, 0.15) is 0 Å². The number of para-hydroxylation sites is 1. The van der Waals surface area contributed by atoms with Gasteiger partial charge in [-0.05, 0) is 34.1 Å². The summed E-state index contributed by atoms with van der Waals surface area (Å²) < 4.78 is 0.447. The number of hydrogen-bond donors (Lipinski definition) is 2. The lowest BCUT2D eigenvalue weighted by molar-refractivity contribution is -0.385. The Labute approximate surface area is 128 Å². The standard InChI is InChI=1S/C14H11BrN2O4/c15-12-7-10(5-6-11(12)14(18)19)16-8-9-3-1-2-4-13(9)17(20)21/h1-7,16H,8H2,(H,18,19). The number of rotatable bonds is 5. The number of carboxylic acids is 1. The fourth-order valence-corrected chi connectivity index (χ4v) is 2.38. The first-order chi connectivity index (χ1) is 9.99. The van der Waals surface area contributed by atoms with E-state index in [2.05, 4.69) is 21.2 Å². The van der Waals surface area contributed by atoms with Crippen molar-refractivity contribution in [2.45, 2.75) is 6.54 Å². The van der Waals surface area contributed by atoms with E-state index < -0.39 is 10.9 Å². The lowest BCUT2D eigenvalue weighted by Crippen LogP contribution is -2.04. The van der Waals surface area contributed by atoms with Gasteiger partial charge in [0.25, 0.3) is 5.69 Å². The van der Waals surface area contributed by atoms with Crippen LogP contribution >= 0.6 is 15.9 Å². The minimum atomic E-state index is -1.02. The van der Waals surface area contributed by atoms with Crippen molar-refractivity contribution in [1.29, 1.82) is 0 Å². The molecule has 21 heavy (non-hydrogen) atoms. The van der Waals surface area contributed by atoms with Crippen LogP contribution < -0.4 is 5.32 Å². The third-order valence-electron chi connectivity index (χ3n) is 2.87. The number of benzene rings is 2. The lowest BCUT2D eigenvalue weighted by atomic mass is 10.1. The van der Waals surface area contributed by atoms with E-state index in [0.29, 0.717) is 15.7 Å². The zero-order valence-electron chi connectivity index (χ0n) is 10.7. The second-order valence-corrected chi connectivity index (χ2v) is 5.09. The van der Waals surface area contributed by atoms with Crippen molar-refractivity contribution >= 4 is 33.3 Å². The Balaban J connectivity index is 2.16. The molecule has 0 saturated carbocycles. The smallest absolute Gasteiger partial charge is 0.336 e. The molecule has 2 aromatic carbocycles. The Morgan fingerprint density at radius 2 is 2.00 bits per heavy atom. The van der Waals surface area contributed by atoms with E-state index >= 15 is 0 Å². The second kappa shape index (κ2) is 6.36. The molecular weight excluding hydrogens is 340 g/mol. The number of hydrogen-bond acceptors (Lipinski definition) is 4. The van der Waals surface area contributed by atoms with Crippen LogP contribution in [0.1, 0.15) is 15.9 Å². The third-order valence-corrected chi connectivity index (χ3v) is 3.53. The van der Waals surface area contributed by atoms with Crippen LogP contribution in [0, 0.1) is 10.1 Å². The molecule has 0 spiro atoms. The average Bonchev–Trinajstić information content (AvgIpc) is 2.45. The summed E-state index contributed by atoms with van der Waals surface area (Å²) >= 11 is 3.18. The Kier molecular flexibility index (Phi) is 4.54. The van der Waals surface area contributed by atoms with Gasteiger partial charge in [-0.25, -0.2) is 4.79 Å². The van der Waals surface area contributed by atoms with Gasteiger partial charge in [-0.2, -0.15) is 0 Å². The summed E-state index contributed by atoms with van der Waals surface area (Å²) in [5.74, 6) is -1.02. The maximum atomic E-state index is 10.9. The molecule has 0 aliphatic rings. The maximum Gasteiger partial charge on any atom is 0.336 e. The number of anilines is 1.